The van der Waals surface area contributed by atoms with Gasteiger partial charge in [0, 0.05) is 19.5 Å². The summed E-state index contributed by atoms with van der Waals surface area (Å²) >= 11 is 14.4. The third-order valence-corrected chi connectivity index (χ3v) is 7.95. The number of hydrogen-bond acceptors (Lipinski definition) is 7. The summed E-state index contributed by atoms with van der Waals surface area (Å²) in [6.07, 6.45) is 4.41. The first-order valence-electron chi connectivity index (χ1n) is 11.0. The maximum absolute atomic E-state index is 14.4. The van der Waals surface area contributed by atoms with Crippen molar-refractivity contribution in [1.82, 2.24) is 15.0 Å². The first-order chi connectivity index (χ1) is 16.9. The number of carbonyl (C=O) groups is 1. The Balaban J connectivity index is 1.91. The molecule has 0 saturated heterocycles. The Kier molecular flexibility index (Phi) is 7.78. The van der Waals surface area contributed by atoms with E-state index in [2.05, 4.69) is 9.97 Å². The predicted octanol–water partition coefficient (Wildman–Crippen LogP) is 5.17. The summed E-state index contributed by atoms with van der Waals surface area (Å²) < 4.78 is 5.79. The Morgan fingerprint density at radius 2 is 1.77 bits per heavy atom. The lowest BCUT2D eigenvalue weighted by Crippen LogP contribution is -2.51. The van der Waals surface area contributed by atoms with Gasteiger partial charge in [0.15, 0.2) is 5.60 Å². The zero-order valence-electron chi connectivity index (χ0n) is 19.3. The van der Waals surface area contributed by atoms with Crippen molar-refractivity contribution in [3.63, 3.8) is 0 Å². The van der Waals surface area contributed by atoms with Gasteiger partial charge in [0.2, 0.25) is 0 Å². The fraction of sp³-hybridized carbons (Fsp3) is 0.280. The van der Waals surface area contributed by atoms with Gasteiger partial charge in [-0.15, -0.1) is 0 Å². The number of amides is 1. The first-order valence-corrected chi connectivity index (χ1v) is 12.6. The van der Waals surface area contributed by atoms with Crippen molar-refractivity contribution in [3.05, 3.63) is 94.0 Å². The Labute approximate surface area is 218 Å². The fourth-order valence-corrected chi connectivity index (χ4v) is 5.97. The van der Waals surface area contributed by atoms with E-state index in [0.717, 1.165) is 5.56 Å². The number of carbonyl (C=O) groups excluding carboxylic acids is 1. The second-order valence-electron chi connectivity index (χ2n) is 8.07. The van der Waals surface area contributed by atoms with Gasteiger partial charge in [0.25, 0.3) is 5.91 Å². The van der Waals surface area contributed by atoms with E-state index in [1.807, 2.05) is 30.3 Å². The maximum atomic E-state index is 14.4. The Bertz CT molecular complexity index is 1250. The van der Waals surface area contributed by atoms with E-state index in [4.69, 9.17) is 38.8 Å². The van der Waals surface area contributed by atoms with Crippen LogP contribution in [0.25, 0.3) is 0 Å². The number of hydrazone groups is 1. The number of ether oxygens (including phenoxy) is 1. The van der Waals surface area contributed by atoms with Crippen LogP contribution in [0.2, 0.25) is 10.0 Å². The summed E-state index contributed by atoms with van der Waals surface area (Å²) in [5.74, 6) is -0.420. The van der Waals surface area contributed by atoms with Crippen LogP contribution in [0.3, 0.4) is 0 Å². The normalized spacial score (nSPS) is 19.3. The van der Waals surface area contributed by atoms with Crippen molar-refractivity contribution >= 4 is 45.9 Å². The minimum Gasteiger partial charge on any atom is -0.362 e. The molecule has 3 heterocycles. The molecule has 2 atom stereocenters. The number of rotatable bonds is 8. The molecule has 1 aliphatic heterocycles. The highest BCUT2D eigenvalue weighted by Gasteiger charge is 2.54. The molecule has 182 valence electrons. The molecule has 0 aliphatic carbocycles. The van der Waals surface area contributed by atoms with Crippen LogP contribution in [0.1, 0.15) is 36.7 Å². The van der Waals surface area contributed by atoms with Crippen molar-refractivity contribution in [2.45, 2.75) is 30.2 Å². The molecule has 35 heavy (non-hydrogen) atoms. The Morgan fingerprint density at radius 3 is 2.40 bits per heavy atom. The lowest BCUT2D eigenvalue weighted by atomic mass is 9.95. The van der Waals surface area contributed by atoms with Crippen LogP contribution in [0.15, 0.2) is 72.1 Å². The zero-order valence-corrected chi connectivity index (χ0v) is 21.6. The number of aromatic nitrogens is 2. The lowest BCUT2D eigenvalue weighted by Gasteiger charge is -2.40. The average molecular weight is 530 g/mol. The molecule has 0 spiro atoms. The van der Waals surface area contributed by atoms with Crippen molar-refractivity contribution in [2.24, 2.45) is 10.8 Å². The average Bonchev–Trinajstić information content (AvgIpc) is 3.28. The Hall–Kier alpha value is -2.49. The molecule has 0 radical (unpaired) electrons. The number of benzene rings is 1. The van der Waals surface area contributed by atoms with Crippen molar-refractivity contribution in [2.75, 3.05) is 13.7 Å². The van der Waals surface area contributed by atoms with Gasteiger partial charge in [-0.05, 0) is 56.1 Å². The molecule has 4 rings (SSSR count). The smallest absolute Gasteiger partial charge is 0.282 e. The third kappa shape index (κ3) is 4.69. The lowest BCUT2D eigenvalue weighted by molar-refractivity contribution is -0.158. The Morgan fingerprint density at radius 1 is 1.09 bits per heavy atom. The van der Waals surface area contributed by atoms with E-state index in [9.17, 15) is 4.79 Å². The highest BCUT2D eigenvalue weighted by atomic mass is 35.5. The number of pyridine rings is 2. The molecular formula is C25H25Cl2N5O2S. The largest absolute Gasteiger partial charge is 0.362 e. The monoisotopic (exact) mass is 529 g/mol. The van der Waals surface area contributed by atoms with Gasteiger partial charge in [-0.1, -0.05) is 65.3 Å². The van der Waals surface area contributed by atoms with Crippen LogP contribution in [-0.4, -0.2) is 39.6 Å². The van der Waals surface area contributed by atoms with Gasteiger partial charge < -0.3 is 10.5 Å². The fourth-order valence-electron chi connectivity index (χ4n) is 3.99. The number of nitrogens with two attached hydrogens (primary N) is 1. The third-order valence-electron chi connectivity index (χ3n) is 5.92. The van der Waals surface area contributed by atoms with Crippen molar-refractivity contribution in [1.29, 1.82) is 0 Å². The second kappa shape index (κ2) is 10.6. The number of thioether (sulfide) groups is 1. The predicted molar refractivity (Wildman–Crippen MR) is 140 cm³/mol. The quantitative estimate of drug-likeness (QED) is 0.432. The van der Waals surface area contributed by atoms with Crippen molar-refractivity contribution in [3.8, 4) is 0 Å². The van der Waals surface area contributed by atoms with Crippen LogP contribution >= 0.6 is 35.0 Å². The number of nitrogens with zero attached hydrogens (tertiary/aromatic N) is 4. The van der Waals surface area contributed by atoms with Crippen LogP contribution in [0, 0.1) is 0 Å². The molecule has 1 unspecified atom stereocenters. The topological polar surface area (TPSA) is 93.7 Å². The summed E-state index contributed by atoms with van der Waals surface area (Å²) in [4.78, 5) is 22.3. The molecule has 3 aromatic rings. The molecule has 1 aromatic carbocycles. The molecular weight excluding hydrogens is 505 g/mol. The number of hydrogen-bond donors (Lipinski definition) is 1. The number of methoxy groups -OCH3 is 1. The van der Waals surface area contributed by atoms with E-state index in [-0.39, 0.29) is 0 Å². The highest BCUT2D eigenvalue weighted by Crippen LogP contribution is 2.52. The molecule has 0 bridgehead atoms. The second-order valence-corrected chi connectivity index (χ2v) is 10.2. The molecule has 1 amide bonds. The summed E-state index contributed by atoms with van der Waals surface area (Å²) in [6, 6.07) is 16.6. The summed E-state index contributed by atoms with van der Waals surface area (Å²) in [5, 5.41) is 7.55. The molecule has 1 aliphatic rings. The summed E-state index contributed by atoms with van der Waals surface area (Å²) in [6.45, 7) is 2.10. The van der Waals surface area contributed by atoms with Crippen LogP contribution in [-0.2, 0) is 20.0 Å². The van der Waals surface area contributed by atoms with Gasteiger partial charge in [-0.2, -0.15) is 5.10 Å². The van der Waals surface area contributed by atoms with Crippen molar-refractivity contribution < 1.29 is 9.53 Å². The van der Waals surface area contributed by atoms with Gasteiger partial charge in [0.05, 0.1) is 10.0 Å². The molecule has 2 aromatic heterocycles. The summed E-state index contributed by atoms with van der Waals surface area (Å²) in [5.41, 5.74) is 6.11. The SMILES string of the molecule is CO[C@](C)(C(=O)N1N=C(c2ncccc2Cl)SC1(CCCN)c1ccccc1)c1ncccc1Cl. The highest BCUT2D eigenvalue weighted by molar-refractivity contribution is 8.15. The summed E-state index contributed by atoms with van der Waals surface area (Å²) in [7, 11) is 1.45. The standard InChI is InChI=1S/C25H25Cl2N5O2S/c1-24(34-2,21-19(27)12-7-16-30-21)23(33)32-25(13-8-14-28,17-9-4-3-5-10-17)35-22(31-32)20-18(26)11-6-15-29-20/h3-7,9-12,15-16H,8,13-14,28H2,1-2H3/t24-,25?/m0/s1. The molecule has 10 heteroatoms. The molecule has 0 fully saturated rings. The molecule has 7 nitrogen and oxygen atoms in total. The van der Waals surface area contributed by atoms with Gasteiger partial charge >= 0.3 is 0 Å². The van der Waals surface area contributed by atoms with E-state index in [0.29, 0.717) is 45.9 Å². The van der Waals surface area contributed by atoms with E-state index in [1.165, 1.54) is 23.9 Å². The van der Waals surface area contributed by atoms with E-state index in [1.54, 1.807) is 43.6 Å². The minimum absolute atomic E-state index is 0.305. The maximum Gasteiger partial charge on any atom is 0.282 e. The number of halogens is 2. The van der Waals surface area contributed by atoms with Gasteiger partial charge in [0.1, 0.15) is 21.3 Å². The van der Waals surface area contributed by atoms with Crippen LogP contribution in [0.5, 0.6) is 0 Å². The van der Waals surface area contributed by atoms with Gasteiger partial charge in [-0.25, -0.2) is 5.01 Å². The van der Waals surface area contributed by atoms with E-state index < -0.39 is 16.4 Å². The van der Waals surface area contributed by atoms with Crippen LogP contribution < -0.4 is 5.73 Å². The zero-order chi connectivity index (χ0) is 25.1. The molecule has 2 N–H and O–H groups in total. The molecule has 0 saturated carbocycles. The minimum atomic E-state index is -1.51. The first kappa shape index (κ1) is 25.6. The van der Waals surface area contributed by atoms with E-state index >= 15 is 0 Å². The van der Waals surface area contributed by atoms with Gasteiger partial charge in [-0.3, -0.25) is 14.8 Å². The van der Waals surface area contributed by atoms with Crippen LogP contribution in [0.4, 0.5) is 0 Å².